The number of anilines is 1. The maximum Gasteiger partial charge on any atom is 0.410 e. The van der Waals surface area contributed by atoms with Crippen molar-refractivity contribution >= 4 is 36.1 Å². The molecule has 2 aromatic carbocycles. The summed E-state index contributed by atoms with van der Waals surface area (Å²) in [5.41, 5.74) is -5.33. The first-order valence-corrected chi connectivity index (χ1v) is 29.1. The number of benzene rings is 2. The van der Waals surface area contributed by atoms with Gasteiger partial charge in [-0.1, -0.05) is 24.0 Å². The van der Waals surface area contributed by atoms with E-state index < -0.39 is 133 Å². The molecule has 0 saturated carbocycles. The third-order valence-electron chi connectivity index (χ3n) is 16.2. The molecule has 6 atom stereocenters. The molecule has 92 heavy (non-hydrogen) atoms. The van der Waals surface area contributed by atoms with Gasteiger partial charge in [0.2, 0.25) is 5.95 Å². The number of halogens is 10. The van der Waals surface area contributed by atoms with Crippen LogP contribution in [0.1, 0.15) is 90.1 Å². The molecule has 7 rings (SSSR count). The highest BCUT2D eigenvalue weighted by atomic mass is 19.4. The number of nitrogens with zero attached hydrogens (tertiary/aromatic N) is 8. The number of rotatable bonds is 23. The van der Waals surface area contributed by atoms with Crippen LogP contribution in [0.3, 0.4) is 0 Å². The monoisotopic (exact) mass is 1310 g/mol. The van der Waals surface area contributed by atoms with Gasteiger partial charge in [0, 0.05) is 86.6 Å². The number of aromatic nitrogens is 4. The molecule has 3 aliphatic rings. The van der Waals surface area contributed by atoms with Gasteiger partial charge in [0.1, 0.15) is 35.9 Å². The lowest BCUT2D eigenvalue weighted by atomic mass is 9.83. The van der Waals surface area contributed by atoms with Gasteiger partial charge < -0.3 is 49.4 Å². The summed E-state index contributed by atoms with van der Waals surface area (Å²) < 4.78 is 176. The molecule has 3 aliphatic heterocycles. The number of hydrogen-bond acceptors (Lipinski definition) is 17. The molecule has 3 fully saturated rings. The lowest BCUT2D eigenvalue weighted by Gasteiger charge is -2.47. The molecule has 0 aliphatic carbocycles. The first kappa shape index (κ1) is 71.4. The van der Waals surface area contributed by atoms with Gasteiger partial charge in [0.25, 0.3) is 5.91 Å². The molecule has 0 spiro atoms. The molecule has 2 aromatic heterocycles. The largest absolute Gasteiger partial charge is 0.458 e. The van der Waals surface area contributed by atoms with Crippen LogP contribution >= 0.6 is 0 Å². The summed E-state index contributed by atoms with van der Waals surface area (Å²) in [5.74, 6) is 0.722. The van der Waals surface area contributed by atoms with E-state index in [1.165, 1.54) is 20.8 Å². The summed E-state index contributed by atoms with van der Waals surface area (Å²) in [6.45, 7) is 2.99. The summed E-state index contributed by atoms with van der Waals surface area (Å²) in [6.07, 6.45) is -10.4. The fourth-order valence-corrected chi connectivity index (χ4v) is 10.5. The molecular weight excluding hydrogens is 1240 g/mol. The Morgan fingerprint density at radius 3 is 1.88 bits per heavy atom. The highest BCUT2D eigenvalue weighted by Crippen LogP contribution is 2.42. The molecule has 2 bridgehead atoms. The molecule has 4 N–H and O–H groups in total. The van der Waals surface area contributed by atoms with Crippen molar-refractivity contribution in [2.24, 2.45) is 10.8 Å². The minimum absolute atomic E-state index is 0.197. The minimum atomic E-state index is -5.28. The zero-order valence-electron chi connectivity index (χ0n) is 52.1. The second kappa shape index (κ2) is 29.3. The normalized spacial score (nSPS) is 17.8. The maximum atomic E-state index is 16.5. The molecule has 32 heteroatoms. The van der Waals surface area contributed by atoms with Gasteiger partial charge in [0.15, 0.2) is 0 Å². The van der Waals surface area contributed by atoms with E-state index in [4.69, 9.17) is 14.2 Å². The van der Waals surface area contributed by atoms with Crippen molar-refractivity contribution in [1.82, 2.24) is 55.9 Å². The number of amides is 4. The van der Waals surface area contributed by atoms with Crippen molar-refractivity contribution in [2.75, 3.05) is 72.1 Å². The van der Waals surface area contributed by atoms with Crippen LogP contribution in [0.4, 0.5) is 64.2 Å². The lowest BCUT2D eigenvalue weighted by molar-refractivity contribution is -0.221. The Bertz CT molecular complexity index is 3260. The summed E-state index contributed by atoms with van der Waals surface area (Å²) in [5, 5.41) is 11.1. The average Bonchev–Trinajstić information content (AvgIpc) is 1.49. The Labute approximate surface area is 524 Å². The van der Waals surface area contributed by atoms with Gasteiger partial charge in [-0.05, 0) is 104 Å². The predicted octanol–water partition coefficient (Wildman–Crippen LogP) is 7.90. The molecule has 0 radical (unpaired) electrons. The Kier molecular flexibility index (Phi) is 22.7. The molecule has 3 saturated heterocycles. The van der Waals surface area contributed by atoms with Crippen molar-refractivity contribution < 1.29 is 91.6 Å². The second-order valence-corrected chi connectivity index (χ2v) is 24.7. The van der Waals surface area contributed by atoms with Crippen molar-refractivity contribution in [3.05, 3.63) is 94.9 Å². The van der Waals surface area contributed by atoms with E-state index in [9.17, 15) is 59.1 Å². The van der Waals surface area contributed by atoms with Crippen molar-refractivity contribution in [3.8, 4) is 23.1 Å². The standard InChI is InChI=1S/C60H74F10N12O10/c1-56(2,3)92-55(87)78(8)31-48(83)91-46(30-80(77-50(84)49(75-54(86)89-10)58(6,7)60(68,69)70)29-41-42(61)22-37(23-43(41)62)44-19-20-81(76-44)51(63)64)45(71-26-47(74-53(85)88-9)57(4,5)59(65,66)67)21-35-14-11-34(12-15-35)13-16-36-24-72-52(73-25-36)79-27-38-17-18-39(28-79)82(38)40-32-90-33-40/h11-12,14-15,19-20,22-25,38-40,45-47,49,51,71H,17-18,21,26-33H2,1-10H3,(H,74,85)(H,75,86)(H,77,84)/t38?,39?,45-,46-,47+,49+/m0/s1. The Morgan fingerprint density at radius 2 is 1.36 bits per heavy atom. The van der Waals surface area contributed by atoms with Gasteiger partial charge in [-0.2, -0.15) is 40.2 Å². The SMILES string of the molecule is COC(=O)N[C@H](C(=O)NN(Cc1c(F)cc(-c2ccn(C(F)F)n2)cc1F)C[C@H](OC(=O)CN(C)C(=O)OC(C)(C)C)[C@H](Cc1ccc(C#Cc2cnc(N3CC4CCC(C3)N4C3COC3)nc2)cc1)NC[C@@H](NC(=O)OC)C(C)(C)C(F)(F)F)C(C)(C)C(F)(F)F. The number of alkyl carbamates (subject to hydrolysis) is 2. The summed E-state index contributed by atoms with van der Waals surface area (Å²) in [4.78, 5) is 82.0. The van der Waals surface area contributed by atoms with Crippen LogP contribution in [0.5, 0.6) is 0 Å². The van der Waals surface area contributed by atoms with E-state index in [1.54, 1.807) is 36.7 Å². The van der Waals surface area contributed by atoms with Gasteiger partial charge >= 0.3 is 43.2 Å². The van der Waals surface area contributed by atoms with Crippen LogP contribution < -0.4 is 26.3 Å². The van der Waals surface area contributed by atoms with E-state index in [1.807, 2.05) is 5.32 Å². The summed E-state index contributed by atoms with van der Waals surface area (Å²) in [6, 6.07) is 3.62. The fraction of sp³-hybridized carbons (Fsp3) is 0.567. The van der Waals surface area contributed by atoms with Crippen molar-refractivity contribution in [1.29, 1.82) is 0 Å². The smallest absolute Gasteiger partial charge is 0.410 e. The highest BCUT2D eigenvalue weighted by molar-refractivity contribution is 5.86. The van der Waals surface area contributed by atoms with Gasteiger partial charge in [-0.25, -0.2) is 42.8 Å². The quantitative estimate of drug-likeness (QED) is 0.0182. The topological polar surface area (TPSA) is 236 Å². The zero-order chi connectivity index (χ0) is 67.8. The van der Waals surface area contributed by atoms with E-state index in [0.717, 1.165) is 91.4 Å². The van der Waals surface area contributed by atoms with Crippen LogP contribution in [-0.2, 0) is 46.2 Å². The first-order chi connectivity index (χ1) is 43.0. The van der Waals surface area contributed by atoms with Crippen molar-refractivity contribution in [2.45, 2.75) is 141 Å². The number of hydrogen-bond donors (Lipinski definition) is 4. The van der Waals surface area contributed by atoms with E-state index in [-0.39, 0.29) is 22.4 Å². The number of hydrazine groups is 1. The first-order valence-electron chi connectivity index (χ1n) is 29.1. The Hall–Kier alpha value is -8.02. The number of ether oxygens (including phenoxy) is 5. The zero-order valence-corrected chi connectivity index (χ0v) is 52.1. The van der Waals surface area contributed by atoms with E-state index >= 15 is 8.78 Å². The number of esters is 1. The van der Waals surface area contributed by atoms with Gasteiger partial charge in [-0.3, -0.25) is 19.9 Å². The van der Waals surface area contributed by atoms with Crippen LogP contribution in [0.25, 0.3) is 11.3 Å². The molecule has 5 heterocycles. The van der Waals surface area contributed by atoms with Crippen LogP contribution in [0.2, 0.25) is 0 Å². The van der Waals surface area contributed by atoms with Gasteiger partial charge in [-0.15, -0.1) is 0 Å². The number of nitrogens with one attached hydrogen (secondary N) is 4. The number of methoxy groups -OCH3 is 2. The third kappa shape index (κ3) is 18.0. The number of carbonyl (C=O) groups excluding carboxylic acids is 5. The second-order valence-electron chi connectivity index (χ2n) is 24.7. The van der Waals surface area contributed by atoms with Crippen molar-refractivity contribution in [3.63, 3.8) is 0 Å². The molecule has 22 nitrogen and oxygen atoms in total. The number of alkyl halides is 8. The molecule has 2 unspecified atom stereocenters. The van der Waals surface area contributed by atoms with Crippen LogP contribution in [0.15, 0.2) is 61.1 Å². The number of piperazine rings is 1. The maximum absolute atomic E-state index is 16.5. The number of fused-ring (bicyclic) bond motifs is 2. The Morgan fingerprint density at radius 1 is 0.783 bits per heavy atom. The molecule has 4 aromatic rings. The molecule has 4 amide bonds. The van der Waals surface area contributed by atoms with Crippen LogP contribution in [0, 0.1) is 34.3 Å². The fourth-order valence-electron chi connectivity index (χ4n) is 10.5. The van der Waals surface area contributed by atoms with Gasteiger partial charge in [0.05, 0.1) is 68.1 Å². The summed E-state index contributed by atoms with van der Waals surface area (Å²) >= 11 is 0. The van der Waals surface area contributed by atoms with E-state index in [0.29, 0.717) is 71.8 Å². The predicted molar refractivity (Wildman–Crippen MR) is 310 cm³/mol. The number of carbonyl (C=O) groups is 5. The third-order valence-corrected chi connectivity index (χ3v) is 16.2. The van der Waals surface area contributed by atoms with E-state index in [2.05, 4.69) is 62.2 Å². The average molecular weight is 1310 g/mol. The molecular formula is C60H74F10N12O10. The summed E-state index contributed by atoms with van der Waals surface area (Å²) in [7, 11) is 2.82. The Balaban J connectivity index is 1.29. The number of likely N-dealkylation sites (N-methyl/N-ethyl adjacent to an activating group) is 1. The molecule has 504 valence electrons. The van der Waals surface area contributed by atoms with Crippen LogP contribution in [-0.4, -0.2) is 192 Å². The highest BCUT2D eigenvalue weighted by Gasteiger charge is 2.57. The minimum Gasteiger partial charge on any atom is -0.458 e. The lowest BCUT2D eigenvalue weighted by Crippen LogP contribution is -2.63.